The lowest BCUT2D eigenvalue weighted by Crippen LogP contribution is -2.32. The largest absolute Gasteiger partial charge is 0.417 e. The maximum Gasteiger partial charge on any atom is 0.417 e. The molecule has 2 heterocycles. The van der Waals surface area contributed by atoms with Gasteiger partial charge in [-0.3, -0.25) is 14.6 Å². The minimum Gasteiger partial charge on any atom is -0.324 e. The molecule has 0 aliphatic carbocycles. The molecule has 0 bridgehead atoms. The van der Waals surface area contributed by atoms with E-state index in [9.17, 15) is 27.6 Å². The van der Waals surface area contributed by atoms with Crippen molar-refractivity contribution < 1.29 is 32.4 Å². The lowest BCUT2D eigenvalue weighted by Gasteiger charge is -2.15. The molecule has 28 heavy (non-hydrogen) atoms. The zero-order valence-electron chi connectivity index (χ0n) is 13.9. The van der Waals surface area contributed by atoms with Gasteiger partial charge in [0.1, 0.15) is 0 Å². The molecule has 1 aliphatic heterocycles. The summed E-state index contributed by atoms with van der Waals surface area (Å²) in [6, 6.07) is 9.20. The first-order valence-corrected chi connectivity index (χ1v) is 7.93. The Morgan fingerprint density at radius 3 is 2.14 bits per heavy atom. The van der Waals surface area contributed by atoms with Crippen molar-refractivity contribution in [2.45, 2.75) is 6.18 Å². The van der Waals surface area contributed by atoms with Crippen LogP contribution in [0.3, 0.4) is 0 Å². The molecule has 1 aromatic heterocycles. The normalized spacial score (nSPS) is 13.8. The van der Waals surface area contributed by atoms with Crippen LogP contribution in [0.1, 0.15) is 36.6 Å². The number of nitrogens with zero attached hydrogens (tertiary/aromatic N) is 2. The van der Waals surface area contributed by atoms with Gasteiger partial charge in [-0.1, -0.05) is 29.3 Å². The summed E-state index contributed by atoms with van der Waals surface area (Å²) in [7, 11) is 0. The molecule has 2 amide bonds. The van der Waals surface area contributed by atoms with Gasteiger partial charge >= 0.3 is 12.1 Å². The van der Waals surface area contributed by atoms with E-state index in [1.807, 2.05) is 0 Å². The fraction of sp³-hybridized carbons (Fsp3) is 0.0526. The highest BCUT2D eigenvalue weighted by atomic mass is 19.4. The van der Waals surface area contributed by atoms with Crippen LogP contribution < -0.4 is 0 Å². The van der Waals surface area contributed by atoms with Gasteiger partial charge in [0.05, 0.1) is 22.3 Å². The predicted octanol–water partition coefficient (Wildman–Crippen LogP) is 3.62. The van der Waals surface area contributed by atoms with Crippen molar-refractivity contribution in [1.82, 2.24) is 10.0 Å². The molecule has 0 atom stereocenters. The molecule has 2 aromatic carbocycles. The number of amides is 2. The molecule has 4 rings (SSSR count). The first-order chi connectivity index (χ1) is 13.3. The lowest BCUT2D eigenvalue weighted by molar-refractivity contribution is -0.136. The van der Waals surface area contributed by atoms with E-state index in [1.54, 1.807) is 12.1 Å². The monoisotopic (exact) mass is 386 g/mol. The summed E-state index contributed by atoms with van der Waals surface area (Å²) in [6.07, 6.45) is -2.65. The first kappa shape index (κ1) is 17.7. The van der Waals surface area contributed by atoms with Crippen LogP contribution in [0.5, 0.6) is 0 Å². The number of carbonyl (C=O) groups excluding carboxylic acids is 3. The molecule has 3 aromatic rings. The molecule has 140 valence electrons. The summed E-state index contributed by atoms with van der Waals surface area (Å²) in [4.78, 5) is 45.7. The second kappa shape index (κ2) is 6.15. The Labute approximate surface area is 155 Å². The SMILES string of the molecule is O=C(ON1C(=O)c2ccccc2C1=O)c1cncc2c(C(F)(F)F)cccc12. The van der Waals surface area contributed by atoms with Crippen molar-refractivity contribution >= 4 is 28.6 Å². The Hall–Kier alpha value is -3.75. The van der Waals surface area contributed by atoms with Gasteiger partial charge in [0.2, 0.25) is 0 Å². The van der Waals surface area contributed by atoms with Crippen LogP contribution in [0.25, 0.3) is 10.8 Å². The summed E-state index contributed by atoms with van der Waals surface area (Å²) in [5.74, 6) is -2.84. The number of carbonyl (C=O) groups is 3. The van der Waals surface area contributed by atoms with Crippen molar-refractivity contribution in [3.05, 3.63) is 77.1 Å². The smallest absolute Gasteiger partial charge is 0.324 e. The molecule has 0 saturated heterocycles. The number of hydroxylamine groups is 2. The van der Waals surface area contributed by atoms with Gasteiger partial charge in [0.15, 0.2) is 0 Å². The van der Waals surface area contributed by atoms with E-state index >= 15 is 0 Å². The van der Waals surface area contributed by atoms with E-state index in [1.165, 1.54) is 18.2 Å². The maximum absolute atomic E-state index is 13.2. The predicted molar refractivity (Wildman–Crippen MR) is 89.1 cm³/mol. The van der Waals surface area contributed by atoms with Crippen molar-refractivity contribution in [2.75, 3.05) is 0 Å². The number of hydrogen-bond donors (Lipinski definition) is 0. The number of rotatable bonds is 2. The Kier molecular flexibility index (Phi) is 3.88. The molecule has 0 unspecified atom stereocenters. The zero-order chi connectivity index (χ0) is 20.1. The Morgan fingerprint density at radius 1 is 0.893 bits per heavy atom. The molecular weight excluding hydrogens is 377 g/mol. The van der Waals surface area contributed by atoms with E-state index in [2.05, 4.69) is 4.98 Å². The quantitative estimate of drug-likeness (QED) is 0.629. The summed E-state index contributed by atoms with van der Waals surface area (Å²) in [6.45, 7) is 0. The van der Waals surface area contributed by atoms with Crippen LogP contribution in [0.2, 0.25) is 0 Å². The third-order valence-corrected chi connectivity index (χ3v) is 4.26. The molecule has 1 aliphatic rings. The van der Waals surface area contributed by atoms with Crippen molar-refractivity contribution in [1.29, 1.82) is 0 Å². The second-order valence-electron chi connectivity index (χ2n) is 5.91. The van der Waals surface area contributed by atoms with E-state index in [-0.39, 0.29) is 27.5 Å². The third-order valence-electron chi connectivity index (χ3n) is 4.26. The van der Waals surface area contributed by atoms with Crippen LogP contribution in [0.15, 0.2) is 54.9 Å². The van der Waals surface area contributed by atoms with Gasteiger partial charge in [0.25, 0.3) is 11.8 Å². The summed E-state index contributed by atoms with van der Waals surface area (Å²) >= 11 is 0. The molecular formula is C19H9F3N2O4. The fourth-order valence-corrected chi connectivity index (χ4v) is 2.99. The van der Waals surface area contributed by atoms with Gasteiger partial charge in [-0.25, -0.2) is 4.79 Å². The van der Waals surface area contributed by atoms with Gasteiger partial charge < -0.3 is 4.84 Å². The topological polar surface area (TPSA) is 76.6 Å². The number of hydrogen-bond acceptors (Lipinski definition) is 5. The van der Waals surface area contributed by atoms with Crippen LogP contribution in [-0.2, 0) is 11.0 Å². The zero-order valence-corrected chi connectivity index (χ0v) is 13.9. The Balaban J connectivity index is 1.71. The van der Waals surface area contributed by atoms with Crippen molar-refractivity contribution in [2.24, 2.45) is 0 Å². The number of fused-ring (bicyclic) bond motifs is 2. The molecule has 0 saturated carbocycles. The van der Waals surface area contributed by atoms with Gasteiger partial charge in [-0.2, -0.15) is 13.2 Å². The standard InChI is InChI=1S/C19H9F3N2O4/c20-19(21,22)15-7-3-6-10-13(15)8-23-9-14(10)18(27)28-24-16(25)11-4-1-2-5-12(11)17(24)26/h1-9H. The Bertz CT molecular complexity index is 1120. The highest BCUT2D eigenvalue weighted by Crippen LogP contribution is 2.35. The van der Waals surface area contributed by atoms with Gasteiger partial charge in [-0.05, 0) is 23.6 Å². The summed E-state index contributed by atoms with van der Waals surface area (Å²) < 4.78 is 39.6. The summed E-state index contributed by atoms with van der Waals surface area (Å²) in [5.41, 5.74) is -1.14. The van der Waals surface area contributed by atoms with E-state index in [0.29, 0.717) is 5.06 Å². The number of pyridine rings is 1. The fourth-order valence-electron chi connectivity index (χ4n) is 2.99. The van der Waals surface area contributed by atoms with Gasteiger partial charge in [0, 0.05) is 17.8 Å². The summed E-state index contributed by atoms with van der Waals surface area (Å²) in [5, 5.41) is -0.0716. The van der Waals surface area contributed by atoms with Crippen LogP contribution >= 0.6 is 0 Å². The number of benzene rings is 2. The van der Waals surface area contributed by atoms with Crippen LogP contribution in [0.4, 0.5) is 13.2 Å². The van der Waals surface area contributed by atoms with Crippen LogP contribution in [-0.4, -0.2) is 27.8 Å². The average Bonchev–Trinajstić information content (AvgIpc) is 2.91. The van der Waals surface area contributed by atoms with Crippen LogP contribution in [0, 0.1) is 0 Å². The first-order valence-electron chi connectivity index (χ1n) is 7.93. The average molecular weight is 386 g/mol. The highest BCUT2D eigenvalue weighted by molar-refractivity contribution is 6.21. The number of aromatic nitrogens is 1. The number of alkyl halides is 3. The van der Waals surface area contributed by atoms with Crippen molar-refractivity contribution in [3.8, 4) is 0 Å². The van der Waals surface area contributed by atoms with E-state index < -0.39 is 29.5 Å². The van der Waals surface area contributed by atoms with Crippen molar-refractivity contribution in [3.63, 3.8) is 0 Å². The molecule has 0 fully saturated rings. The Morgan fingerprint density at radius 2 is 1.54 bits per heavy atom. The lowest BCUT2D eigenvalue weighted by atomic mass is 10.0. The highest BCUT2D eigenvalue weighted by Gasteiger charge is 2.39. The third kappa shape index (κ3) is 2.68. The molecule has 0 spiro atoms. The maximum atomic E-state index is 13.2. The molecule has 0 N–H and O–H groups in total. The number of imide groups is 1. The minimum absolute atomic E-state index is 0.0635. The molecule has 9 heteroatoms. The second-order valence-corrected chi connectivity index (χ2v) is 5.91. The van der Waals surface area contributed by atoms with E-state index in [4.69, 9.17) is 4.84 Å². The molecule has 6 nitrogen and oxygen atoms in total. The minimum atomic E-state index is -4.65. The van der Waals surface area contributed by atoms with Gasteiger partial charge in [-0.15, -0.1) is 0 Å². The molecule has 0 radical (unpaired) electrons. The van der Waals surface area contributed by atoms with E-state index in [0.717, 1.165) is 24.5 Å². The number of halogens is 3.